The molecule has 0 saturated carbocycles. The first-order valence-electron chi connectivity index (χ1n) is 4.78. The summed E-state index contributed by atoms with van der Waals surface area (Å²) in [5, 5.41) is 5.02. The minimum absolute atomic E-state index is 0.0619. The van der Waals surface area contributed by atoms with Crippen LogP contribution in [0.25, 0.3) is 10.9 Å². The Hall–Kier alpha value is -1.91. The molecule has 2 rings (SSSR count). The van der Waals surface area contributed by atoms with Gasteiger partial charge < -0.3 is 16.3 Å². The number of aromatic nitrogens is 2. The summed E-state index contributed by atoms with van der Waals surface area (Å²) in [6, 6.07) is 3.55. The van der Waals surface area contributed by atoms with E-state index in [0.29, 0.717) is 11.4 Å². The summed E-state index contributed by atoms with van der Waals surface area (Å²) in [4.78, 5) is 6.94. The second kappa shape index (κ2) is 3.34. The zero-order valence-corrected chi connectivity index (χ0v) is 8.77. The molecule has 80 valence electrons. The van der Waals surface area contributed by atoms with E-state index in [1.807, 2.05) is 13.8 Å². The van der Waals surface area contributed by atoms with Gasteiger partial charge in [-0.2, -0.15) is 0 Å². The first-order chi connectivity index (χ1) is 7.08. The maximum Gasteiger partial charge on any atom is 0.121 e. The largest absolute Gasteiger partial charge is 0.397 e. The third-order valence-corrected chi connectivity index (χ3v) is 2.05. The lowest BCUT2D eigenvalue weighted by molar-refractivity contribution is 0.0445. The van der Waals surface area contributed by atoms with E-state index in [0.717, 1.165) is 10.9 Å². The van der Waals surface area contributed by atoms with Crippen LogP contribution in [0.2, 0.25) is 0 Å². The predicted octanol–water partition coefficient (Wildman–Crippen LogP) is 1.04. The van der Waals surface area contributed by atoms with Crippen molar-refractivity contribution in [1.82, 2.24) is 9.94 Å². The molecular formula is C10H14N4O. The molecule has 0 radical (unpaired) electrons. The van der Waals surface area contributed by atoms with Crippen molar-refractivity contribution in [2.75, 3.05) is 11.5 Å². The van der Waals surface area contributed by atoms with Crippen LogP contribution < -0.4 is 16.3 Å². The Labute approximate surface area is 87.6 Å². The molecule has 0 atom stereocenters. The molecule has 1 heterocycles. The summed E-state index contributed by atoms with van der Waals surface area (Å²) in [5.41, 5.74) is 13.3. The molecule has 5 heteroatoms. The molecule has 0 unspecified atom stereocenters. The van der Waals surface area contributed by atoms with Crippen molar-refractivity contribution in [2.24, 2.45) is 0 Å². The van der Waals surface area contributed by atoms with Gasteiger partial charge >= 0.3 is 0 Å². The Kier molecular flexibility index (Phi) is 2.15. The third-order valence-electron chi connectivity index (χ3n) is 2.05. The van der Waals surface area contributed by atoms with E-state index in [1.165, 1.54) is 4.85 Å². The number of anilines is 2. The summed E-state index contributed by atoms with van der Waals surface area (Å²) in [7, 11) is 0. The first kappa shape index (κ1) is 9.64. The van der Waals surface area contributed by atoms with Gasteiger partial charge in [0.05, 0.1) is 17.6 Å². The van der Waals surface area contributed by atoms with Crippen molar-refractivity contribution in [3.8, 4) is 0 Å². The molecule has 2 aromatic rings. The van der Waals surface area contributed by atoms with Gasteiger partial charge in [0.25, 0.3) is 0 Å². The van der Waals surface area contributed by atoms with Gasteiger partial charge in [0.15, 0.2) is 0 Å². The van der Waals surface area contributed by atoms with Crippen molar-refractivity contribution in [2.45, 2.75) is 20.0 Å². The van der Waals surface area contributed by atoms with Crippen molar-refractivity contribution in [1.29, 1.82) is 0 Å². The van der Waals surface area contributed by atoms with E-state index >= 15 is 0 Å². The van der Waals surface area contributed by atoms with Crippen LogP contribution in [-0.2, 0) is 0 Å². The molecule has 0 aliphatic rings. The summed E-state index contributed by atoms with van der Waals surface area (Å²) < 4.78 is 0. The maximum atomic E-state index is 5.72. The third kappa shape index (κ3) is 1.68. The number of hydrogen-bond acceptors (Lipinski definition) is 4. The highest BCUT2D eigenvalue weighted by Gasteiger charge is 2.07. The Morgan fingerprint density at radius 2 is 1.93 bits per heavy atom. The fourth-order valence-electron chi connectivity index (χ4n) is 1.37. The molecule has 1 aromatic carbocycles. The zero-order chi connectivity index (χ0) is 11.0. The molecule has 4 N–H and O–H groups in total. The van der Waals surface area contributed by atoms with Gasteiger partial charge in [-0.05, 0) is 26.0 Å². The van der Waals surface area contributed by atoms with Gasteiger partial charge in [0.1, 0.15) is 11.6 Å². The molecular weight excluding hydrogens is 192 g/mol. The average molecular weight is 206 g/mol. The molecule has 0 spiro atoms. The molecule has 0 aliphatic heterocycles. The fraction of sp³-hybridized carbons (Fsp3) is 0.300. The number of benzene rings is 1. The molecule has 0 fully saturated rings. The van der Waals surface area contributed by atoms with Crippen molar-refractivity contribution >= 4 is 22.3 Å². The van der Waals surface area contributed by atoms with E-state index in [-0.39, 0.29) is 6.10 Å². The van der Waals surface area contributed by atoms with E-state index in [2.05, 4.69) is 5.10 Å². The van der Waals surface area contributed by atoms with Gasteiger partial charge in [-0.25, -0.2) is 0 Å². The number of nitrogen functional groups attached to an aromatic ring is 2. The first-order valence-corrected chi connectivity index (χ1v) is 4.78. The maximum absolute atomic E-state index is 5.72. The minimum Gasteiger partial charge on any atom is -0.397 e. The van der Waals surface area contributed by atoms with Crippen LogP contribution in [0.4, 0.5) is 11.4 Å². The Morgan fingerprint density at radius 3 is 2.60 bits per heavy atom. The van der Waals surface area contributed by atoms with Gasteiger partial charge in [-0.1, -0.05) is 4.85 Å². The van der Waals surface area contributed by atoms with Crippen LogP contribution in [0.1, 0.15) is 13.8 Å². The molecule has 1 aromatic heterocycles. The molecule has 15 heavy (non-hydrogen) atoms. The van der Waals surface area contributed by atoms with E-state index in [9.17, 15) is 0 Å². The van der Waals surface area contributed by atoms with E-state index in [4.69, 9.17) is 16.3 Å². The SMILES string of the molecule is CC(C)On1ncc2cc(N)c(N)cc21. The molecule has 0 aliphatic carbocycles. The van der Waals surface area contributed by atoms with Gasteiger partial charge in [0, 0.05) is 5.39 Å². The lowest BCUT2D eigenvalue weighted by atomic mass is 10.2. The number of fused-ring (bicyclic) bond motifs is 1. The molecule has 5 nitrogen and oxygen atoms in total. The number of nitrogens with two attached hydrogens (primary N) is 2. The number of rotatable bonds is 2. The van der Waals surface area contributed by atoms with Crippen LogP contribution in [0.15, 0.2) is 18.3 Å². The Morgan fingerprint density at radius 1 is 1.27 bits per heavy atom. The Balaban J connectivity index is 2.54. The van der Waals surface area contributed by atoms with E-state index in [1.54, 1.807) is 18.3 Å². The average Bonchev–Trinajstić information content (AvgIpc) is 2.49. The summed E-state index contributed by atoms with van der Waals surface area (Å²) in [5.74, 6) is 0. The zero-order valence-electron chi connectivity index (χ0n) is 8.77. The standard InChI is InChI=1S/C10H14N4O/c1-6(2)15-14-10-4-9(12)8(11)3-7(10)5-13-14/h3-6H,11-12H2,1-2H3. The number of nitrogens with zero attached hydrogens (tertiary/aromatic N) is 2. The second-order valence-electron chi connectivity index (χ2n) is 3.71. The predicted molar refractivity (Wildman–Crippen MR) is 60.3 cm³/mol. The lowest BCUT2D eigenvalue weighted by Gasteiger charge is -2.09. The van der Waals surface area contributed by atoms with Crippen LogP contribution in [-0.4, -0.2) is 16.0 Å². The topological polar surface area (TPSA) is 79.1 Å². The van der Waals surface area contributed by atoms with Crippen molar-refractivity contribution < 1.29 is 4.84 Å². The smallest absolute Gasteiger partial charge is 0.121 e. The quantitative estimate of drug-likeness (QED) is 0.719. The highest BCUT2D eigenvalue weighted by Crippen LogP contribution is 2.22. The van der Waals surface area contributed by atoms with E-state index < -0.39 is 0 Å². The normalized spacial score (nSPS) is 11.1. The molecule has 0 bridgehead atoms. The van der Waals surface area contributed by atoms with Crippen LogP contribution >= 0.6 is 0 Å². The monoisotopic (exact) mass is 206 g/mol. The Bertz CT molecular complexity index is 489. The lowest BCUT2D eigenvalue weighted by Crippen LogP contribution is -2.19. The fourth-order valence-corrected chi connectivity index (χ4v) is 1.37. The van der Waals surface area contributed by atoms with Crippen molar-refractivity contribution in [3.63, 3.8) is 0 Å². The van der Waals surface area contributed by atoms with Crippen LogP contribution in [0.5, 0.6) is 0 Å². The highest BCUT2D eigenvalue weighted by molar-refractivity contribution is 5.87. The number of hydrogen-bond donors (Lipinski definition) is 2. The molecule has 0 saturated heterocycles. The highest BCUT2D eigenvalue weighted by atomic mass is 16.7. The van der Waals surface area contributed by atoms with Crippen molar-refractivity contribution in [3.05, 3.63) is 18.3 Å². The van der Waals surface area contributed by atoms with Crippen LogP contribution in [0.3, 0.4) is 0 Å². The second-order valence-corrected chi connectivity index (χ2v) is 3.71. The van der Waals surface area contributed by atoms with Crippen LogP contribution in [0, 0.1) is 0 Å². The molecule has 0 amide bonds. The van der Waals surface area contributed by atoms with Gasteiger partial charge in [-0.3, -0.25) is 0 Å². The summed E-state index contributed by atoms with van der Waals surface area (Å²) in [6.45, 7) is 3.88. The summed E-state index contributed by atoms with van der Waals surface area (Å²) >= 11 is 0. The van der Waals surface area contributed by atoms with Gasteiger partial charge in [-0.15, -0.1) is 5.10 Å². The van der Waals surface area contributed by atoms with Gasteiger partial charge in [0.2, 0.25) is 0 Å². The minimum atomic E-state index is 0.0619. The summed E-state index contributed by atoms with van der Waals surface area (Å²) in [6.07, 6.45) is 1.76.